The largest absolute Gasteiger partial charge is 0.441 e. The maximum Gasteiger partial charge on any atom is 0.226 e. The van der Waals surface area contributed by atoms with Gasteiger partial charge in [-0.05, 0) is 41.6 Å². The molecule has 4 aromatic rings. The second-order valence-electron chi connectivity index (χ2n) is 5.39. The molecular weight excluding hydrogens is 334 g/mol. The van der Waals surface area contributed by atoms with Gasteiger partial charge in [-0.25, -0.2) is 4.98 Å². The molecule has 0 spiro atoms. The monoisotopic (exact) mass is 349 g/mol. The van der Waals surface area contributed by atoms with E-state index in [0.717, 1.165) is 27.9 Å². The van der Waals surface area contributed by atoms with Crippen molar-refractivity contribution < 1.29 is 4.42 Å². The van der Waals surface area contributed by atoms with Gasteiger partial charge < -0.3 is 4.42 Å². The second-order valence-corrected chi connectivity index (χ2v) is 6.33. The fraction of sp³-hybridized carbons (Fsp3) is 0.111. The molecule has 0 N–H and O–H groups in total. The van der Waals surface area contributed by atoms with Crippen LogP contribution in [0.5, 0.6) is 0 Å². The first kappa shape index (κ1) is 15.6. The molecule has 4 rings (SSSR count). The quantitative estimate of drug-likeness (QED) is 0.509. The predicted molar refractivity (Wildman–Crippen MR) is 95.4 cm³/mol. The van der Waals surface area contributed by atoms with Gasteiger partial charge in [-0.1, -0.05) is 48.2 Å². The van der Waals surface area contributed by atoms with Crippen molar-refractivity contribution in [1.29, 1.82) is 0 Å². The Bertz CT molecular complexity index is 966. The third kappa shape index (κ3) is 3.32. The van der Waals surface area contributed by atoms with Gasteiger partial charge in [-0.15, -0.1) is 5.10 Å². The van der Waals surface area contributed by atoms with Crippen LogP contribution in [0.3, 0.4) is 0 Å². The van der Waals surface area contributed by atoms with Crippen molar-refractivity contribution in [2.24, 2.45) is 0 Å². The Balaban J connectivity index is 1.53. The van der Waals surface area contributed by atoms with Gasteiger partial charge >= 0.3 is 0 Å². The first-order valence-electron chi connectivity index (χ1n) is 7.79. The molecule has 0 unspecified atom stereocenters. The summed E-state index contributed by atoms with van der Waals surface area (Å²) >= 11 is 1.53. The fourth-order valence-electron chi connectivity index (χ4n) is 2.40. The molecule has 0 radical (unpaired) electrons. The topological polar surface area (TPSA) is 69.6 Å². The lowest BCUT2D eigenvalue weighted by Gasteiger charge is -2.02. The van der Waals surface area contributed by atoms with Crippen molar-refractivity contribution in [3.63, 3.8) is 0 Å². The van der Waals surface area contributed by atoms with Crippen LogP contribution in [0, 0.1) is 6.92 Å². The second kappa shape index (κ2) is 6.90. The van der Waals surface area contributed by atoms with Crippen LogP contribution in [0.4, 0.5) is 0 Å². The standard InChI is InChI=1S/C18H15N5OS/c1-13-16(19-17(24-13)14-8-4-2-5-9-14)12-25-18-20-21-22-23(18)15-10-6-3-7-11-15/h2-11H,12H2,1H3. The summed E-state index contributed by atoms with van der Waals surface area (Å²) < 4.78 is 7.52. The third-order valence-corrected chi connectivity index (χ3v) is 4.62. The van der Waals surface area contributed by atoms with Gasteiger partial charge in [0.25, 0.3) is 0 Å². The zero-order valence-electron chi connectivity index (χ0n) is 13.5. The van der Waals surface area contributed by atoms with Crippen LogP contribution in [-0.4, -0.2) is 25.2 Å². The number of para-hydroxylation sites is 1. The van der Waals surface area contributed by atoms with Crippen molar-refractivity contribution in [2.75, 3.05) is 0 Å². The van der Waals surface area contributed by atoms with Gasteiger partial charge in [-0.3, -0.25) is 0 Å². The van der Waals surface area contributed by atoms with Crippen LogP contribution in [0.15, 0.2) is 70.2 Å². The summed E-state index contributed by atoms with van der Waals surface area (Å²) in [4.78, 5) is 4.62. The number of hydrogen-bond acceptors (Lipinski definition) is 6. The Morgan fingerprint density at radius 3 is 2.48 bits per heavy atom. The van der Waals surface area contributed by atoms with Crippen molar-refractivity contribution in [2.45, 2.75) is 17.8 Å². The third-order valence-electron chi connectivity index (χ3n) is 3.69. The summed E-state index contributed by atoms with van der Waals surface area (Å²) in [5.41, 5.74) is 2.79. The molecule has 0 saturated carbocycles. The number of benzene rings is 2. The minimum Gasteiger partial charge on any atom is -0.441 e. The Labute approximate surface area is 148 Å². The van der Waals surface area contributed by atoms with Crippen LogP contribution in [0.25, 0.3) is 17.1 Å². The molecule has 0 bridgehead atoms. The Morgan fingerprint density at radius 1 is 1.00 bits per heavy atom. The van der Waals surface area contributed by atoms with Crippen LogP contribution >= 0.6 is 11.8 Å². The van der Waals surface area contributed by atoms with E-state index >= 15 is 0 Å². The molecule has 6 nitrogen and oxygen atoms in total. The molecular formula is C18H15N5OS. The molecule has 124 valence electrons. The average Bonchev–Trinajstić information content (AvgIpc) is 3.28. The summed E-state index contributed by atoms with van der Waals surface area (Å²) in [7, 11) is 0. The van der Waals surface area contributed by atoms with Crippen molar-refractivity contribution in [3.8, 4) is 17.1 Å². The van der Waals surface area contributed by atoms with E-state index in [2.05, 4.69) is 20.5 Å². The maximum atomic E-state index is 5.80. The zero-order chi connectivity index (χ0) is 17.1. The molecule has 0 aliphatic heterocycles. The minimum absolute atomic E-state index is 0.634. The highest BCUT2D eigenvalue weighted by Gasteiger charge is 2.14. The molecule has 0 aliphatic rings. The summed E-state index contributed by atoms with van der Waals surface area (Å²) in [5.74, 6) is 2.08. The Hall–Kier alpha value is -2.93. The summed E-state index contributed by atoms with van der Waals surface area (Å²) in [5, 5.41) is 12.7. The molecule has 7 heteroatoms. The van der Waals surface area contributed by atoms with Crippen molar-refractivity contribution >= 4 is 11.8 Å². The van der Waals surface area contributed by atoms with Gasteiger partial charge in [-0.2, -0.15) is 4.68 Å². The highest BCUT2D eigenvalue weighted by molar-refractivity contribution is 7.98. The smallest absolute Gasteiger partial charge is 0.226 e. The number of aryl methyl sites for hydroxylation is 1. The number of thioether (sulfide) groups is 1. The van der Waals surface area contributed by atoms with Crippen molar-refractivity contribution in [3.05, 3.63) is 72.1 Å². The molecule has 25 heavy (non-hydrogen) atoms. The molecule has 0 atom stereocenters. The molecule has 2 heterocycles. The minimum atomic E-state index is 0.634. The average molecular weight is 349 g/mol. The van der Waals surface area contributed by atoms with Gasteiger partial charge in [0, 0.05) is 11.3 Å². The normalized spacial score (nSPS) is 10.9. The summed E-state index contributed by atoms with van der Waals surface area (Å²) in [6.07, 6.45) is 0. The zero-order valence-corrected chi connectivity index (χ0v) is 14.3. The van der Waals surface area contributed by atoms with Crippen molar-refractivity contribution in [1.82, 2.24) is 25.2 Å². The van der Waals surface area contributed by atoms with Crippen LogP contribution in [0.1, 0.15) is 11.5 Å². The lowest BCUT2D eigenvalue weighted by Crippen LogP contribution is -1.98. The molecule has 0 aliphatic carbocycles. The van der Waals surface area contributed by atoms with Gasteiger partial charge in [0.15, 0.2) is 0 Å². The number of oxazole rings is 1. The summed E-state index contributed by atoms with van der Waals surface area (Å²) in [6.45, 7) is 1.93. The number of tetrazole rings is 1. The van der Waals surface area contributed by atoms with Crippen LogP contribution < -0.4 is 0 Å². The van der Waals surface area contributed by atoms with E-state index in [0.29, 0.717) is 11.6 Å². The molecule has 0 fully saturated rings. The first-order chi connectivity index (χ1) is 12.3. The van der Waals surface area contributed by atoms with E-state index in [9.17, 15) is 0 Å². The molecule has 0 amide bonds. The lowest BCUT2D eigenvalue weighted by molar-refractivity contribution is 0.540. The first-order valence-corrected chi connectivity index (χ1v) is 8.78. The van der Waals surface area contributed by atoms with Gasteiger partial charge in [0.05, 0.1) is 11.4 Å². The Morgan fingerprint density at radius 2 is 1.72 bits per heavy atom. The van der Waals surface area contributed by atoms with Crippen LogP contribution in [-0.2, 0) is 5.75 Å². The van der Waals surface area contributed by atoms with E-state index in [1.54, 1.807) is 4.68 Å². The summed E-state index contributed by atoms with van der Waals surface area (Å²) in [6, 6.07) is 19.7. The van der Waals surface area contributed by atoms with E-state index in [1.807, 2.05) is 67.6 Å². The van der Waals surface area contributed by atoms with Gasteiger partial charge in [0.2, 0.25) is 11.0 Å². The predicted octanol–water partition coefficient (Wildman–Crippen LogP) is 3.92. The number of aromatic nitrogens is 5. The van der Waals surface area contributed by atoms with E-state index in [-0.39, 0.29) is 0 Å². The number of hydrogen-bond donors (Lipinski definition) is 0. The highest BCUT2D eigenvalue weighted by atomic mass is 32.2. The SMILES string of the molecule is Cc1oc(-c2ccccc2)nc1CSc1nnnn1-c1ccccc1. The van der Waals surface area contributed by atoms with E-state index in [1.165, 1.54) is 11.8 Å². The molecule has 2 aromatic carbocycles. The maximum absolute atomic E-state index is 5.80. The number of nitrogens with zero attached hydrogens (tertiary/aromatic N) is 5. The number of rotatable bonds is 5. The highest BCUT2D eigenvalue weighted by Crippen LogP contribution is 2.27. The lowest BCUT2D eigenvalue weighted by atomic mass is 10.2. The van der Waals surface area contributed by atoms with E-state index in [4.69, 9.17) is 4.42 Å². The Kier molecular flexibility index (Phi) is 4.30. The van der Waals surface area contributed by atoms with Gasteiger partial charge in [0.1, 0.15) is 5.76 Å². The van der Waals surface area contributed by atoms with Crippen LogP contribution in [0.2, 0.25) is 0 Å². The van der Waals surface area contributed by atoms with E-state index < -0.39 is 0 Å². The fourth-order valence-corrected chi connectivity index (χ4v) is 3.29. The molecule has 0 saturated heterocycles. The molecule has 2 aromatic heterocycles.